The van der Waals surface area contributed by atoms with E-state index in [1.54, 1.807) is 0 Å². The molecule has 1 fully saturated rings. The number of rotatable bonds is 2. The molecule has 2 nitrogen and oxygen atoms in total. The summed E-state index contributed by atoms with van der Waals surface area (Å²) in [5, 5.41) is 0. The lowest BCUT2D eigenvalue weighted by molar-refractivity contribution is 0.442. The topological polar surface area (TPSA) is 16.1 Å². The molecular formula is C13H19BrN2. The van der Waals surface area contributed by atoms with Crippen LogP contribution in [-0.2, 0) is 0 Å². The molecule has 0 radical (unpaired) electrons. The van der Waals surface area contributed by atoms with E-state index in [-0.39, 0.29) is 0 Å². The number of aromatic nitrogens is 1. The molecule has 0 bridgehead atoms. The molecule has 0 N–H and O–H groups in total. The third-order valence-electron chi connectivity index (χ3n) is 3.40. The minimum Gasteiger partial charge on any atom is -0.356 e. The maximum atomic E-state index is 4.49. The minimum absolute atomic E-state index is 0.587. The van der Waals surface area contributed by atoms with E-state index in [0.717, 1.165) is 5.82 Å². The number of anilines is 1. The van der Waals surface area contributed by atoms with Crippen LogP contribution in [0.5, 0.6) is 0 Å². The molecular weight excluding hydrogens is 264 g/mol. The van der Waals surface area contributed by atoms with Crippen LogP contribution in [-0.4, -0.2) is 22.9 Å². The van der Waals surface area contributed by atoms with E-state index >= 15 is 0 Å². The van der Waals surface area contributed by atoms with Crippen molar-refractivity contribution in [1.82, 2.24) is 4.98 Å². The smallest absolute Gasteiger partial charge is 0.128 e. The SMILES string of the molecule is Cc1ccc(N(C)C2CCCCC2Br)nc1. The Hall–Kier alpha value is -0.570. The number of hydrogen-bond donors (Lipinski definition) is 0. The molecule has 2 atom stereocenters. The van der Waals surface area contributed by atoms with Crippen molar-refractivity contribution >= 4 is 21.7 Å². The summed E-state index contributed by atoms with van der Waals surface area (Å²) in [5.41, 5.74) is 1.22. The van der Waals surface area contributed by atoms with Crippen LogP contribution in [0.3, 0.4) is 0 Å². The average Bonchev–Trinajstić information content (AvgIpc) is 2.30. The van der Waals surface area contributed by atoms with Gasteiger partial charge >= 0.3 is 0 Å². The molecule has 0 aromatic carbocycles. The van der Waals surface area contributed by atoms with Crippen LogP contribution in [0.2, 0.25) is 0 Å². The van der Waals surface area contributed by atoms with Crippen LogP contribution >= 0.6 is 15.9 Å². The first kappa shape index (κ1) is 11.9. The molecule has 16 heavy (non-hydrogen) atoms. The van der Waals surface area contributed by atoms with Crippen LogP contribution in [0.4, 0.5) is 5.82 Å². The van der Waals surface area contributed by atoms with Crippen molar-refractivity contribution in [1.29, 1.82) is 0 Å². The van der Waals surface area contributed by atoms with Gasteiger partial charge in [0.25, 0.3) is 0 Å². The summed E-state index contributed by atoms with van der Waals surface area (Å²) < 4.78 is 0. The van der Waals surface area contributed by atoms with E-state index in [2.05, 4.69) is 51.9 Å². The zero-order chi connectivity index (χ0) is 11.5. The zero-order valence-corrected chi connectivity index (χ0v) is 11.6. The molecule has 1 aliphatic rings. The highest BCUT2D eigenvalue weighted by Gasteiger charge is 2.26. The first-order chi connectivity index (χ1) is 7.68. The summed E-state index contributed by atoms with van der Waals surface area (Å²) in [7, 11) is 2.15. The van der Waals surface area contributed by atoms with Crippen LogP contribution in [0.1, 0.15) is 31.2 Å². The van der Waals surface area contributed by atoms with Gasteiger partial charge in [0.1, 0.15) is 5.82 Å². The van der Waals surface area contributed by atoms with Gasteiger partial charge in [-0.05, 0) is 31.4 Å². The Labute approximate surface area is 106 Å². The predicted molar refractivity (Wildman–Crippen MR) is 72.3 cm³/mol. The van der Waals surface area contributed by atoms with Gasteiger partial charge in [0, 0.05) is 24.1 Å². The minimum atomic E-state index is 0.587. The summed E-state index contributed by atoms with van der Waals surface area (Å²) in [6.07, 6.45) is 7.17. The van der Waals surface area contributed by atoms with Crippen molar-refractivity contribution in [2.24, 2.45) is 0 Å². The Morgan fingerprint density at radius 1 is 1.31 bits per heavy atom. The predicted octanol–water partition coefficient (Wildman–Crippen LogP) is 3.53. The average molecular weight is 283 g/mol. The van der Waals surface area contributed by atoms with Gasteiger partial charge in [-0.15, -0.1) is 0 Å². The van der Waals surface area contributed by atoms with Gasteiger partial charge in [-0.25, -0.2) is 4.98 Å². The largest absolute Gasteiger partial charge is 0.356 e. The first-order valence-electron chi connectivity index (χ1n) is 5.98. The van der Waals surface area contributed by atoms with Crippen molar-refractivity contribution in [3.8, 4) is 0 Å². The maximum absolute atomic E-state index is 4.49. The lowest BCUT2D eigenvalue weighted by atomic mass is 9.94. The molecule has 1 aromatic rings. The van der Waals surface area contributed by atoms with E-state index in [4.69, 9.17) is 0 Å². The first-order valence-corrected chi connectivity index (χ1v) is 6.89. The van der Waals surface area contributed by atoms with Crippen LogP contribution < -0.4 is 4.90 Å². The second kappa shape index (κ2) is 5.17. The van der Waals surface area contributed by atoms with Crippen molar-refractivity contribution in [3.63, 3.8) is 0 Å². The Kier molecular flexibility index (Phi) is 3.85. The molecule has 2 unspecified atom stereocenters. The van der Waals surface area contributed by atoms with Gasteiger partial charge < -0.3 is 4.90 Å². The molecule has 1 aliphatic carbocycles. The summed E-state index contributed by atoms with van der Waals surface area (Å²) >= 11 is 3.80. The van der Waals surface area contributed by atoms with Crippen LogP contribution in [0.25, 0.3) is 0 Å². The van der Waals surface area contributed by atoms with Gasteiger partial charge in [0.05, 0.1) is 0 Å². The molecule has 0 saturated heterocycles. The van der Waals surface area contributed by atoms with Gasteiger partial charge in [0.15, 0.2) is 0 Å². The fraction of sp³-hybridized carbons (Fsp3) is 0.615. The Bertz CT molecular complexity index is 336. The third kappa shape index (κ3) is 2.57. The van der Waals surface area contributed by atoms with Gasteiger partial charge in [-0.1, -0.05) is 34.8 Å². The van der Waals surface area contributed by atoms with Crippen molar-refractivity contribution < 1.29 is 0 Å². The molecule has 1 saturated carbocycles. The zero-order valence-electron chi connectivity index (χ0n) is 9.99. The number of nitrogens with zero attached hydrogens (tertiary/aromatic N) is 2. The molecule has 3 heteroatoms. The molecule has 88 valence electrons. The number of alkyl halides is 1. The van der Waals surface area contributed by atoms with Crippen LogP contribution in [0.15, 0.2) is 18.3 Å². The highest BCUT2D eigenvalue weighted by Crippen LogP contribution is 2.29. The lowest BCUT2D eigenvalue weighted by Gasteiger charge is -2.35. The summed E-state index contributed by atoms with van der Waals surface area (Å²) in [4.78, 5) is 7.42. The van der Waals surface area contributed by atoms with E-state index < -0.39 is 0 Å². The van der Waals surface area contributed by atoms with Gasteiger partial charge in [-0.2, -0.15) is 0 Å². The quantitative estimate of drug-likeness (QED) is 0.772. The van der Waals surface area contributed by atoms with Gasteiger partial charge in [0.2, 0.25) is 0 Å². The third-order valence-corrected chi connectivity index (χ3v) is 4.47. The fourth-order valence-electron chi connectivity index (χ4n) is 2.34. The number of pyridine rings is 1. The highest BCUT2D eigenvalue weighted by molar-refractivity contribution is 9.09. The van der Waals surface area contributed by atoms with Gasteiger partial charge in [-0.3, -0.25) is 0 Å². The second-order valence-electron chi connectivity index (χ2n) is 4.67. The van der Waals surface area contributed by atoms with Crippen molar-refractivity contribution in [3.05, 3.63) is 23.9 Å². The van der Waals surface area contributed by atoms with Crippen molar-refractivity contribution in [2.75, 3.05) is 11.9 Å². The van der Waals surface area contributed by atoms with E-state index in [1.807, 2.05) is 6.20 Å². The Morgan fingerprint density at radius 3 is 2.69 bits per heavy atom. The molecule has 0 amide bonds. The van der Waals surface area contributed by atoms with Crippen molar-refractivity contribution in [2.45, 2.75) is 43.5 Å². The number of halogens is 1. The maximum Gasteiger partial charge on any atom is 0.128 e. The Balaban J connectivity index is 2.11. The number of aryl methyl sites for hydroxylation is 1. The summed E-state index contributed by atoms with van der Waals surface area (Å²) in [5.74, 6) is 1.09. The Morgan fingerprint density at radius 2 is 2.06 bits per heavy atom. The standard InChI is InChI=1S/C13H19BrN2/c1-10-7-8-13(15-9-10)16(2)12-6-4-3-5-11(12)14/h7-9,11-12H,3-6H2,1-2H3. The van der Waals surface area contributed by atoms with E-state index in [0.29, 0.717) is 10.9 Å². The van der Waals surface area contributed by atoms with E-state index in [9.17, 15) is 0 Å². The van der Waals surface area contributed by atoms with Crippen LogP contribution in [0, 0.1) is 6.92 Å². The fourth-order valence-corrected chi connectivity index (χ4v) is 3.28. The second-order valence-corrected chi connectivity index (χ2v) is 5.85. The number of hydrogen-bond acceptors (Lipinski definition) is 2. The molecule has 2 rings (SSSR count). The lowest BCUT2D eigenvalue weighted by Crippen LogP contribution is -2.41. The summed E-state index contributed by atoms with van der Waals surface area (Å²) in [6, 6.07) is 4.83. The molecule has 0 spiro atoms. The molecule has 1 heterocycles. The molecule has 0 aliphatic heterocycles. The van der Waals surface area contributed by atoms with E-state index in [1.165, 1.54) is 31.2 Å². The highest BCUT2D eigenvalue weighted by atomic mass is 79.9. The molecule has 1 aromatic heterocycles. The summed E-state index contributed by atoms with van der Waals surface area (Å²) in [6.45, 7) is 2.07. The normalized spacial score (nSPS) is 25.4. The monoisotopic (exact) mass is 282 g/mol.